The Morgan fingerprint density at radius 1 is 1.26 bits per heavy atom. The highest BCUT2D eigenvalue weighted by Gasteiger charge is 2.42. The number of benzene rings is 1. The molecule has 0 aliphatic carbocycles. The van der Waals surface area contributed by atoms with Crippen molar-refractivity contribution in [1.82, 2.24) is 4.90 Å². The van der Waals surface area contributed by atoms with Gasteiger partial charge < -0.3 is 14.4 Å². The summed E-state index contributed by atoms with van der Waals surface area (Å²) in [5.74, 6) is -1.75. The maximum absolute atomic E-state index is 12.6. The van der Waals surface area contributed by atoms with Crippen LogP contribution >= 0.6 is 23.2 Å². The molecule has 0 bridgehead atoms. The molecule has 23 heavy (non-hydrogen) atoms. The number of aliphatic hydroxyl groups is 1. The SMILES string of the molecule is CN1C(=O)C(O)=C(C(=O)c2ccco2)C1c1ccc(Cl)c(Cl)c1. The largest absolute Gasteiger partial charge is 0.503 e. The zero-order valence-corrected chi connectivity index (χ0v) is 13.4. The molecule has 3 rings (SSSR count). The lowest BCUT2D eigenvalue weighted by atomic mass is 9.95. The van der Waals surface area contributed by atoms with Crippen LogP contribution in [0.25, 0.3) is 0 Å². The number of hydrogen-bond acceptors (Lipinski definition) is 4. The summed E-state index contributed by atoms with van der Waals surface area (Å²) in [6.07, 6.45) is 1.35. The van der Waals surface area contributed by atoms with E-state index < -0.39 is 23.5 Å². The Labute approximate surface area is 141 Å². The van der Waals surface area contributed by atoms with E-state index in [-0.39, 0.29) is 11.3 Å². The number of furan rings is 1. The van der Waals surface area contributed by atoms with Crippen molar-refractivity contribution in [2.24, 2.45) is 0 Å². The molecule has 0 fully saturated rings. The summed E-state index contributed by atoms with van der Waals surface area (Å²) >= 11 is 11.9. The van der Waals surface area contributed by atoms with Gasteiger partial charge in [-0.05, 0) is 29.8 Å². The second-order valence-corrected chi connectivity index (χ2v) is 5.88. The molecule has 0 saturated carbocycles. The van der Waals surface area contributed by atoms with Gasteiger partial charge in [-0.25, -0.2) is 0 Å². The second kappa shape index (κ2) is 5.76. The van der Waals surface area contributed by atoms with Crippen LogP contribution in [0.5, 0.6) is 0 Å². The first-order chi connectivity index (χ1) is 10.9. The minimum Gasteiger partial charge on any atom is -0.503 e. The topological polar surface area (TPSA) is 70.8 Å². The number of carbonyl (C=O) groups excluding carboxylic acids is 2. The van der Waals surface area contributed by atoms with Gasteiger partial charge in [0.2, 0.25) is 5.78 Å². The van der Waals surface area contributed by atoms with E-state index >= 15 is 0 Å². The van der Waals surface area contributed by atoms with Crippen molar-refractivity contribution in [3.05, 3.63) is 69.3 Å². The molecule has 0 saturated heterocycles. The number of likely N-dealkylation sites (N-methyl/N-ethyl adjacent to an activating group) is 1. The maximum atomic E-state index is 12.6. The van der Waals surface area contributed by atoms with E-state index in [0.717, 1.165) is 0 Å². The van der Waals surface area contributed by atoms with E-state index in [9.17, 15) is 14.7 Å². The van der Waals surface area contributed by atoms with Crippen LogP contribution in [-0.2, 0) is 4.79 Å². The minimum absolute atomic E-state index is 0.0414. The molecule has 2 aromatic rings. The fourth-order valence-electron chi connectivity index (χ4n) is 2.57. The van der Waals surface area contributed by atoms with Crippen molar-refractivity contribution in [3.63, 3.8) is 0 Å². The predicted octanol–water partition coefficient (Wildman–Crippen LogP) is 3.79. The smallest absolute Gasteiger partial charge is 0.289 e. The van der Waals surface area contributed by atoms with Gasteiger partial charge in [-0.15, -0.1) is 0 Å². The fraction of sp³-hybridized carbons (Fsp3) is 0.125. The lowest BCUT2D eigenvalue weighted by Gasteiger charge is -2.22. The molecule has 1 aliphatic heterocycles. The number of ketones is 1. The van der Waals surface area contributed by atoms with Crippen LogP contribution in [0.4, 0.5) is 0 Å². The number of aliphatic hydroxyl groups excluding tert-OH is 1. The molecule has 0 spiro atoms. The third kappa shape index (κ3) is 2.52. The Balaban J connectivity index is 2.11. The molecule has 0 radical (unpaired) electrons. The normalized spacial score (nSPS) is 18.0. The van der Waals surface area contributed by atoms with E-state index in [4.69, 9.17) is 27.6 Å². The van der Waals surface area contributed by atoms with Gasteiger partial charge in [0, 0.05) is 7.05 Å². The van der Waals surface area contributed by atoms with E-state index in [1.807, 2.05) is 0 Å². The number of halogens is 2. The lowest BCUT2D eigenvalue weighted by Crippen LogP contribution is -2.26. The molecule has 5 nitrogen and oxygen atoms in total. The van der Waals surface area contributed by atoms with Gasteiger partial charge in [-0.1, -0.05) is 29.3 Å². The predicted molar refractivity (Wildman–Crippen MR) is 84.7 cm³/mol. The zero-order chi connectivity index (χ0) is 16.7. The molecule has 1 aromatic carbocycles. The Kier molecular flexibility index (Phi) is 3.92. The van der Waals surface area contributed by atoms with Gasteiger partial charge in [0.15, 0.2) is 11.5 Å². The summed E-state index contributed by atoms with van der Waals surface area (Å²) < 4.78 is 5.08. The third-order valence-electron chi connectivity index (χ3n) is 3.69. The molecular formula is C16H11Cl2NO4. The maximum Gasteiger partial charge on any atom is 0.289 e. The number of amides is 1. The van der Waals surface area contributed by atoms with Crippen molar-refractivity contribution in [2.45, 2.75) is 6.04 Å². The Morgan fingerprint density at radius 3 is 2.61 bits per heavy atom. The average Bonchev–Trinajstić information content (AvgIpc) is 3.13. The molecule has 2 heterocycles. The van der Waals surface area contributed by atoms with E-state index in [1.165, 1.54) is 24.3 Å². The lowest BCUT2D eigenvalue weighted by molar-refractivity contribution is -0.128. The highest BCUT2D eigenvalue weighted by Crippen LogP contribution is 2.39. The van der Waals surface area contributed by atoms with Crippen molar-refractivity contribution >= 4 is 34.9 Å². The highest BCUT2D eigenvalue weighted by atomic mass is 35.5. The number of nitrogens with zero attached hydrogens (tertiary/aromatic N) is 1. The minimum atomic E-state index is -0.769. The van der Waals surface area contributed by atoms with Crippen molar-refractivity contribution in [3.8, 4) is 0 Å². The molecule has 118 valence electrons. The highest BCUT2D eigenvalue weighted by molar-refractivity contribution is 6.42. The van der Waals surface area contributed by atoms with E-state index in [1.54, 1.807) is 24.3 Å². The van der Waals surface area contributed by atoms with Crippen LogP contribution in [-0.4, -0.2) is 28.7 Å². The molecular weight excluding hydrogens is 341 g/mol. The monoisotopic (exact) mass is 351 g/mol. The van der Waals surface area contributed by atoms with Crippen molar-refractivity contribution in [2.75, 3.05) is 7.05 Å². The quantitative estimate of drug-likeness (QED) is 0.853. The molecule has 1 aliphatic rings. The van der Waals surface area contributed by atoms with Crippen LogP contribution in [0.1, 0.15) is 22.2 Å². The average molecular weight is 352 g/mol. The molecule has 1 N–H and O–H groups in total. The van der Waals surface area contributed by atoms with Gasteiger partial charge in [0.1, 0.15) is 0 Å². The van der Waals surface area contributed by atoms with Crippen molar-refractivity contribution < 1.29 is 19.1 Å². The van der Waals surface area contributed by atoms with Crippen LogP contribution in [0.3, 0.4) is 0 Å². The second-order valence-electron chi connectivity index (χ2n) is 5.06. The third-order valence-corrected chi connectivity index (χ3v) is 4.43. The fourth-order valence-corrected chi connectivity index (χ4v) is 2.87. The molecule has 1 unspecified atom stereocenters. The molecule has 1 atom stereocenters. The number of rotatable bonds is 3. The van der Waals surface area contributed by atoms with E-state index in [2.05, 4.69) is 0 Å². The summed E-state index contributed by atoms with van der Waals surface area (Å²) in [6, 6.07) is 7.04. The number of carbonyl (C=O) groups is 2. The summed E-state index contributed by atoms with van der Waals surface area (Å²) in [4.78, 5) is 26.0. The number of Topliss-reactive ketones (excluding diaryl/α,β-unsaturated/α-hetero) is 1. The Hall–Kier alpha value is -2.24. The van der Waals surface area contributed by atoms with Gasteiger partial charge in [0.25, 0.3) is 5.91 Å². The molecule has 1 aromatic heterocycles. The van der Waals surface area contributed by atoms with Crippen molar-refractivity contribution in [1.29, 1.82) is 0 Å². The van der Waals surface area contributed by atoms with Gasteiger partial charge >= 0.3 is 0 Å². The Morgan fingerprint density at radius 2 is 2.00 bits per heavy atom. The summed E-state index contributed by atoms with van der Waals surface area (Å²) in [6.45, 7) is 0. The summed E-state index contributed by atoms with van der Waals surface area (Å²) in [5.41, 5.74) is 0.514. The summed E-state index contributed by atoms with van der Waals surface area (Å²) in [7, 11) is 1.49. The van der Waals surface area contributed by atoms with Crippen LogP contribution in [0.2, 0.25) is 10.0 Å². The van der Waals surface area contributed by atoms with Crippen LogP contribution in [0, 0.1) is 0 Å². The first kappa shape index (κ1) is 15.6. The van der Waals surface area contributed by atoms with Crippen LogP contribution < -0.4 is 0 Å². The molecule has 1 amide bonds. The van der Waals surface area contributed by atoms with Gasteiger partial charge in [-0.2, -0.15) is 0 Å². The zero-order valence-electron chi connectivity index (χ0n) is 11.9. The first-order valence-corrected chi connectivity index (χ1v) is 7.41. The van der Waals surface area contributed by atoms with Gasteiger partial charge in [-0.3, -0.25) is 9.59 Å². The molecule has 7 heteroatoms. The summed E-state index contributed by atoms with van der Waals surface area (Å²) in [5, 5.41) is 10.8. The first-order valence-electron chi connectivity index (χ1n) is 6.65. The Bertz CT molecular complexity index is 827. The van der Waals surface area contributed by atoms with Gasteiger partial charge in [0.05, 0.1) is 27.9 Å². The van der Waals surface area contributed by atoms with E-state index in [0.29, 0.717) is 15.6 Å². The standard InChI is InChI=1S/C16H11Cl2NO4/c1-19-13(8-4-5-9(17)10(18)7-8)12(15(21)16(19)22)14(20)11-3-2-6-23-11/h2-7,13,21H,1H3. The van der Waals surface area contributed by atoms with Crippen LogP contribution in [0.15, 0.2) is 52.3 Å². The number of hydrogen-bond donors (Lipinski definition) is 1.